The molecule has 7 nitrogen and oxygen atoms in total. The van der Waals surface area contributed by atoms with Crippen LogP contribution in [0.1, 0.15) is 33.6 Å². The first-order valence-electron chi connectivity index (χ1n) is 7.81. The number of carbonyl (C=O) groups excluding carboxylic acids is 1. The Hall–Kier alpha value is -1.34. The SMILES string of the molecule is CC(C)(C)N(C(=O)O)[C@@H]1CC[C@@H](C(=O)N2CCOCC2)OC1. The van der Waals surface area contributed by atoms with E-state index < -0.39 is 17.7 Å². The van der Waals surface area contributed by atoms with Crippen LogP contribution in [0.25, 0.3) is 0 Å². The molecule has 0 unspecified atom stereocenters. The molecule has 0 spiro atoms. The van der Waals surface area contributed by atoms with Gasteiger partial charge in [-0.2, -0.15) is 0 Å². The van der Waals surface area contributed by atoms with Gasteiger partial charge in [0.05, 0.1) is 25.9 Å². The summed E-state index contributed by atoms with van der Waals surface area (Å²) in [5, 5.41) is 9.42. The van der Waals surface area contributed by atoms with Crippen LogP contribution in [0.5, 0.6) is 0 Å². The van der Waals surface area contributed by atoms with Crippen molar-refractivity contribution in [2.75, 3.05) is 32.9 Å². The fourth-order valence-corrected chi connectivity index (χ4v) is 3.11. The third-order valence-corrected chi connectivity index (χ3v) is 4.14. The average molecular weight is 314 g/mol. The molecule has 0 saturated carbocycles. The molecule has 2 fully saturated rings. The molecule has 2 aliphatic rings. The molecule has 0 bridgehead atoms. The summed E-state index contributed by atoms with van der Waals surface area (Å²) < 4.78 is 10.9. The molecule has 0 aliphatic carbocycles. The van der Waals surface area contributed by atoms with Crippen LogP contribution >= 0.6 is 0 Å². The van der Waals surface area contributed by atoms with Gasteiger partial charge in [-0.1, -0.05) is 0 Å². The summed E-state index contributed by atoms with van der Waals surface area (Å²) in [7, 11) is 0. The minimum Gasteiger partial charge on any atom is -0.465 e. The fraction of sp³-hybridized carbons (Fsp3) is 0.867. The van der Waals surface area contributed by atoms with Crippen LogP contribution in [0.15, 0.2) is 0 Å². The molecule has 1 N–H and O–H groups in total. The lowest BCUT2D eigenvalue weighted by atomic mass is 9.97. The molecule has 2 saturated heterocycles. The molecule has 2 atom stereocenters. The number of carbonyl (C=O) groups is 2. The second kappa shape index (κ2) is 6.83. The van der Waals surface area contributed by atoms with Gasteiger partial charge in [-0.05, 0) is 33.6 Å². The zero-order valence-corrected chi connectivity index (χ0v) is 13.6. The minimum absolute atomic E-state index is 0.000571. The van der Waals surface area contributed by atoms with Crippen LogP contribution in [0.4, 0.5) is 4.79 Å². The Bertz CT molecular complexity index is 407. The van der Waals surface area contributed by atoms with E-state index in [2.05, 4.69) is 0 Å². The number of hydrogen-bond acceptors (Lipinski definition) is 4. The highest BCUT2D eigenvalue weighted by molar-refractivity contribution is 5.81. The smallest absolute Gasteiger partial charge is 0.408 e. The van der Waals surface area contributed by atoms with Crippen molar-refractivity contribution in [1.82, 2.24) is 9.80 Å². The third-order valence-electron chi connectivity index (χ3n) is 4.14. The maximum Gasteiger partial charge on any atom is 0.408 e. The first kappa shape index (κ1) is 17.0. The third kappa shape index (κ3) is 3.89. The van der Waals surface area contributed by atoms with Gasteiger partial charge in [0.25, 0.3) is 5.91 Å². The summed E-state index contributed by atoms with van der Waals surface area (Å²) in [5.41, 5.74) is -0.485. The number of nitrogens with zero attached hydrogens (tertiary/aromatic N) is 2. The van der Waals surface area contributed by atoms with Gasteiger partial charge < -0.3 is 19.5 Å². The maximum atomic E-state index is 12.4. The van der Waals surface area contributed by atoms with E-state index in [0.29, 0.717) is 39.1 Å². The topological polar surface area (TPSA) is 79.3 Å². The quantitative estimate of drug-likeness (QED) is 0.828. The molecule has 0 radical (unpaired) electrons. The second-order valence-corrected chi connectivity index (χ2v) is 6.81. The van der Waals surface area contributed by atoms with E-state index in [1.165, 1.54) is 4.90 Å². The molecule has 0 aromatic carbocycles. The monoisotopic (exact) mass is 314 g/mol. The average Bonchev–Trinajstić information content (AvgIpc) is 2.46. The van der Waals surface area contributed by atoms with E-state index in [-0.39, 0.29) is 18.6 Å². The van der Waals surface area contributed by atoms with E-state index in [4.69, 9.17) is 9.47 Å². The number of amides is 2. The Morgan fingerprint density at radius 3 is 2.27 bits per heavy atom. The lowest BCUT2D eigenvalue weighted by molar-refractivity contribution is -0.153. The number of morpholine rings is 1. The van der Waals surface area contributed by atoms with Gasteiger partial charge in [0.2, 0.25) is 0 Å². The number of rotatable bonds is 2. The van der Waals surface area contributed by atoms with Crippen LogP contribution in [0.2, 0.25) is 0 Å². The molecule has 0 aromatic heterocycles. The number of ether oxygens (including phenoxy) is 2. The number of hydrogen-bond donors (Lipinski definition) is 1. The summed E-state index contributed by atoms with van der Waals surface area (Å²) in [6, 6.07) is -0.203. The number of carboxylic acid groups (broad SMARTS) is 1. The summed E-state index contributed by atoms with van der Waals surface area (Å²) >= 11 is 0. The summed E-state index contributed by atoms with van der Waals surface area (Å²) in [6.45, 7) is 8.21. The predicted octanol–water partition coefficient (Wildman–Crippen LogP) is 1.17. The largest absolute Gasteiger partial charge is 0.465 e. The van der Waals surface area contributed by atoms with E-state index in [1.54, 1.807) is 4.90 Å². The van der Waals surface area contributed by atoms with Crippen LogP contribution in [-0.2, 0) is 14.3 Å². The van der Waals surface area contributed by atoms with Crippen molar-refractivity contribution in [3.8, 4) is 0 Å². The highest BCUT2D eigenvalue weighted by Crippen LogP contribution is 2.26. The molecule has 7 heteroatoms. The summed E-state index contributed by atoms with van der Waals surface area (Å²) in [5.74, 6) is -0.000571. The molecule has 0 aromatic rings. The fourth-order valence-electron chi connectivity index (χ4n) is 3.11. The van der Waals surface area contributed by atoms with Crippen molar-refractivity contribution in [2.24, 2.45) is 0 Å². The van der Waals surface area contributed by atoms with E-state index in [1.807, 2.05) is 20.8 Å². The lowest BCUT2D eigenvalue weighted by Crippen LogP contribution is -2.56. The first-order valence-corrected chi connectivity index (χ1v) is 7.81. The molecule has 22 heavy (non-hydrogen) atoms. The van der Waals surface area contributed by atoms with Gasteiger partial charge in [0.15, 0.2) is 0 Å². The summed E-state index contributed by atoms with van der Waals surface area (Å²) in [4.78, 5) is 27.1. The maximum absolute atomic E-state index is 12.4. The Balaban J connectivity index is 1.91. The van der Waals surface area contributed by atoms with Crippen molar-refractivity contribution in [2.45, 2.75) is 51.3 Å². The Morgan fingerprint density at radius 1 is 1.18 bits per heavy atom. The molecule has 2 aliphatic heterocycles. The van der Waals surface area contributed by atoms with Crippen molar-refractivity contribution in [3.63, 3.8) is 0 Å². The van der Waals surface area contributed by atoms with Gasteiger partial charge in [-0.25, -0.2) is 4.79 Å². The van der Waals surface area contributed by atoms with Crippen LogP contribution in [0, 0.1) is 0 Å². The van der Waals surface area contributed by atoms with Gasteiger partial charge in [0.1, 0.15) is 6.10 Å². The van der Waals surface area contributed by atoms with Gasteiger partial charge in [0, 0.05) is 18.6 Å². The standard InChI is InChI=1S/C15H26N2O5/c1-15(2,3)17(14(19)20)11-4-5-12(22-10-11)13(18)16-6-8-21-9-7-16/h11-12H,4-10H2,1-3H3,(H,19,20)/t11-,12+/m1/s1. The molecule has 126 valence electrons. The van der Waals surface area contributed by atoms with Crippen LogP contribution in [-0.4, -0.2) is 77.5 Å². The Labute approximate surface area is 131 Å². The van der Waals surface area contributed by atoms with Crippen molar-refractivity contribution in [1.29, 1.82) is 0 Å². The lowest BCUT2D eigenvalue weighted by Gasteiger charge is -2.42. The molecular weight excluding hydrogens is 288 g/mol. The van der Waals surface area contributed by atoms with Crippen LogP contribution < -0.4 is 0 Å². The second-order valence-electron chi connectivity index (χ2n) is 6.81. The zero-order chi connectivity index (χ0) is 16.3. The Kier molecular flexibility index (Phi) is 5.28. The highest BCUT2D eigenvalue weighted by atomic mass is 16.5. The summed E-state index contributed by atoms with van der Waals surface area (Å²) in [6.07, 6.45) is -0.200. The Morgan fingerprint density at radius 2 is 1.82 bits per heavy atom. The van der Waals surface area contributed by atoms with E-state index in [0.717, 1.165) is 0 Å². The molecule has 2 rings (SSSR count). The minimum atomic E-state index is -0.945. The normalized spacial score (nSPS) is 26.6. The van der Waals surface area contributed by atoms with Crippen molar-refractivity contribution < 1.29 is 24.2 Å². The van der Waals surface area contributed by atoms with Crippen molar-refractivity contribution >= 4 is 12.0 Å². The first-order chi connectivity index (χ1) is 10.3. The van der Waals surface area contributed by atoms with E-state index in [9.17, 15) is 14.7 Å². The van der Waals surface area contributed by atoms with E-state index >= 15 is 0 Å². The highest BCUT2D eigenvalue weighted by Gasteiger charge is 2.38. The van der Waals surface area contributed by atoms with Gasteiger partial charge in [-0.15, -0.1) is 0 Å². The van der Waals surface area contributed by atoms with Gasteiger partial charge >= 0.3 is 6.09 Å². The van der Waals surface area contributed by atoms with Crippen LogP contribution in [0.3, 0.4) is 0 Å². The zero-order valence-electron chi connectivity index (χ0n) is 13.6. The predicted molar refractivity (Wildman–Crippen MR) is 79.8 cm³/mol. The van der Waals surface area contributed by atoms with Gasteiger partial charge in [-0.3, -0.25) is 9.69 Å². The molecule has 2 amide bonds. The molecular formula is C15H26N2O5. The van der Waals surface area contributed by atoms with Crippen molar-refractivity contribution in [3.05, 3.63) is 0 Å². The molecule has 2 heterocycles.